The van der Waals surface area contributed by atoms with Crippen LogP contribution in [0.15, 0.2) is 57.6 Å². The smallest absolute Gasteiger partial charge is 0.276 e. The summed E-state index contributed by atoms with van der Waals surface area (Å²) in [6, 6.07) is 11.0. The Bertz CT molecular complexity index is 1170. The van der Waals surface area contributed by atoms with E-state index in [0.29, 0.717) is 21.4 Å². The quantitative estimate of drug-likeness (QED) is 0.560. The van der Waals surface area contributed by atoms with Crippen molar-refractivity contribution in [3.8, 4) is 0 Å². The van der Waals surface area contributed by atoms with Gasteiger partial charge in [-0.25, -0.2) is 22.7 Å². The lowest BCUT2D eigenvalue weighted by Crippen LogP contribution is -2.36. The van der Waals surface area contributed by atoms with Gasteiger partial charge in [-0.15, -0.1) is 11.3 Å². The van der Waals surface area contributed by atoms with E-state index in [9.17, 15) is 8.42 Å². The van der Waals surface area contributed by atoms with Gasteiger partial charge in [-0.05, 0) is 55.7 Å². The molecule has 0 saturated carbocycles. The number of rotatable bonds is 5. The number of aromatic nitrogens is 2. The molecule has 150 valence electrons. The minimum absolute atomic E-state index is 0.249. The molecule has 0 N–H and O–H groups in total. The molecule has 0 bridgehead atoms. The Kier molecular flexibility index (Phi) is 4.75. The first-order valence-electron chi connectivity index (χ1n) is 9.89. The number of allylic oxidation sites excluding steroid dienone is 1. The predicted molar refractivity (Wildman–Crippen MR) is 117 cm³/mol. The number of anilines is 2. The topological polar surface area (TPSA) is 66.4 Å². The molecule has 6 nitrogen and oxygen atoms in total. The molecule has 5 rings (SSSR count). The normalized spacial score (nSPS) is 16.9. The molecule has 0 spiro atoms. The van der Waals surface area contributed by atoms with E-state index in [1.165, 1.54) is 34.1 Å². The highest BCUT2D eigenvalue weighted by atomic mass is 32.2. The molecule has 0 radical (unpaired) electrons. The van der Waals surface area contributed by atoms with Crippen molar-refractivity contribution in [2.75, 3.05) is 22.4 Å². The van der Waals surface area contributed by atoms with E-state index in [1.54, 1.807) is 17.5 Å². The second kappa shape index (κ2) is 7.42. The molecule has 0 unspecified atom stereocenters. The summed E-state index contributed by atoms with van der Waals surface area (Å²) in [5, 5.41) is 1.78. The van der Waals surface area contributed by atoms with Crippen LogP contribution in [0.25, 0.3) is 11.0 Å². The zero-order chi connectivity index (χ0) is 19.8. The summed E-state index contributed by atoms with van der Waals surface area (Å²) in [5.41, 5.74) is 2.95. The van der Waals surface area contributed by atoms with E-state index in [1.807, 2.05) is 24.3 Å². The predicted octanol–water partition coefficient (Wildman–Crippen LogP) is 4.55. The molecule has 1 aromatic carbocycles. The maximum Gasteiger partial charge on any atom is 0.276 e. The van der Waals surface area contributed by atoms with Gasteiger partial charge >= 0.3 is 0 Å². The summed E-state index contributed by atoms with van der Waals surface area (Å²) in [4.78, 5) is 11.5. The average molecular weight is 427 g/mol. The number of hydrogen-bond donors (Lipinski definition) is 0. The Morgan fingerprint density at radius 1 is 1.00 bits per heavy atom. The summed E-state index contributed by atoms with van der Waals surface area (Å²) < 4.78 is 28.3. The largest absolute Gasteiger partial charge is 0.334 e. The van der Waals surface area contributed by atoms with Crippen molar-refractivity contribution in [3.05, 3.63) is 53.4 Å². The van der Waals surface area contributed by atoms with Crippen LogP contribution in [-0.2, 0) is 10.0 Å². The number of nitrogens with zero attached hydrogens (tertiary/aromatic N) is 4. The van der Waals surface area contributed by atoms with Gasteiger partial charge in [-0.3, -0.25) is 0 Å². The van der Waals surface area contributed by atoms with Crippen molar-refractivity contribution in [2.45, 2.75) is 36.3 Å². The van der Waals surface area contributed by atoms with E-state index < -0.39 is 10.0 Å². The van der Waals surface area contributed by atoms with Crippen LogP contribution in [0.4, 0.5) is 11.6 Å². The molecule has 0 atom stereocenters. The van der Waals surface area contributed by atoms with Gasteiger partial charge in [0.15, 0.2) is 11.6 Å². The SMILES string of the molecule is O=S(=O)(c1cccs1)N1CN(CCC2=CCCCC2)c2nc3ccccc3nc21. The van der Waals surface area contributed by atoms with Gasteiger partial charge in [-0.1, -0.05) is 29.8 Å². The Balaban J connectivity index is 1.53. The molecule has 8 heteroatoms. The van der Waals surface area contributed by atoms with Crippen LogP contribution >= 0.6 is 11.3 Å². The summed E-state index contributed by atoms with van der Waals surface area (Å²) in [7, 11) is -3.66. The third kappa shape index (κ3) is 3.40. The molecule has 1 aliphatic heterocycles. The molecule has 1 aliphatic carbocycles. The van der Waals surface area contributed by atoms with Gasteiger partial charge in [0.1, 0.15) is 10.9 Å². The highest BCUT2D eigenvalue weighted by Crippen LogP contribution is 2.38. The number of thiophene rings is 1. The Morgan fingerprint density at radius 3 is 2.48 bits per heavy atom. The van der Waals surface area contributed by atoms with Crippen LogP contribution in [0, 0.1) is 0 Å². The Morgan fingerprint density at radius 2 is 1.79 bits per heavy atom. The lowest BCUT2D eigenvalue weighted by molar-refractivity contribution is 0.592. The fraction of sp³-hybridized carbons (Fsp3) is 0.333. The van der Waals surface area contributed by atoms with Gasteiger partial charge in [0, 0.05) is 6.54 Å². The monoisotopic (exact) mass is 426 g/mol. The van der Waals surface area contributed by atoms with E-state index >= 15 is 0 Å². The summed E-state index contributed by atoms with van der Waals surface area (Å²) in [5.74, 6) is 1.08. The number of benzene rings is 1. The van der Waals surface area contributed by atoms with Crippen molar-refractivity contribution >= 4 is 44.0 Å². The standard InChI is InChI=1S/C21H22N4O2S2/c26-29(27,19-11-6-14-28-19)25-15-24(13-12-16-7-2-1-3-8-16)20-21(25)23-18-10-5-4-9-17(18)22-20/h4-7,9-11,14H,1-3,8,12-13,15H2. The van der Waals surface area contributed by atoms with Gasteiger partial charge in [-0.2, -0.15) is 0 Å². The maximum atomic E-state index is 13.3. The van der Waals surface area contributed by atoms with Crippen molar-refractivity contribution in [3.63, 3.8) is 0 Å². The van der Waals surface area contributed by atoms with Gasteiger partial charge in [0.25, 0.3) is 10.0 Å². The molecule has 29 heavy (non-hydrogen) atoms. The second-order valence-corrected chi connectivity index (χ2v) is 10.4. The van der Waals surface area contributed by atoms with E-state index in [-0.39, 0.29) is 6.67 Å². The van der Waals surface area contributed by atoms with Crippen LogP contribution in [0.1, 0.15) is 32.1 Å². The van der Waals surface area contributed by atoms with Gasteiger partial charge in [0.05, 0.1) is 11.0 Å². The van der Waals surface area contributed by atoms with E-state index in [0.717, 1.165) is 31.3 Å². The maximum absolute atomic E-state index is 13.3. The molecule has 0 saturated heterocycles. The van der Waals surface area contributed by atoms with Gasteiger partial charge in [0.2, 0.25) is 0 Å². The van der Waals surface area contributed by atoms with Crippen molar-refractivity contribution in [1.82, 2.24) is 9.97 Å². The van der Waals surface area contributed by atoms with Crippen LogP contribution < -0.4 is 9.21 Å². The first-order valence-corrected chi connectivity index (χ1v) is 12.2. The third-order valence-electron chi connectivity index (χ3n) is 5.50. The third-order valence-corrected chi connectivity index (χ3v) is 8.59. The fourth-order valence-corrected chi connectivity index (χ4v) is 6.43. The highest BCUT2D eigenvalue weighted by Gasteiger charge is 2.38. The van der Waals surface area contributed by atoms with Crippen molar-refractivity contribution in [2.24, 2.45) is 0 Å². The zero-order valence-electron chi connectivity index (χ0n) is 16.0. The van der Waals surface area contributed by atoms with Crippen molar-refractivity contribution < 1.29 is 8.42 Å². The van der Waals surface area contributed by atoms with Crippen LogP contribution in [0.2, 0.25) is 0 Å². The molecular weight excluding hydrogens is 404 g/mol. The number of sulfonamides is 1. The lowest BCUT2D eigenvalue weighted by Gasteiger charge is -2.21. The van der Waals surface area contributed by atoms with Crippen LogP contribution in [0.5, 0.6) is 0 Å². The fourth-order valence-electron chi connectivity index (χ4n) is 3.95. The first-order chi connectivity index (χ1) is 14.1. The molecule has 0 amide bonds. The molecule has 2 aliphatic rings. The first kappa shape index (κ1) is 18.6. The molecule has 0 fully saturated rings. The number of para-hydroxylation sites is 2. The molecule has 3 aromatic rings. The molecular formula is C21H22N4O2S2. The molecule has 3 heterocycles. The van der Waals surface area contributed by atoms with Crippen LogP contribution in [0.3, 0.4) is 0 Å². The number of hydrogen-bond acceptors (Lipinski definition) is 6. The average Bonchev–Trinajstić information content (AvgIpc) is 3.40. The van der Waals surface area contributed by atoms with E-state index in [4.69, 9.17) is 9.97 Å². The second-order valence-electron chi connectivity index (χ2n) is 7.41. The summed E-state index contributed by atoms with van der Waals surface area (Å²) >= 11 is 1.23. The Labute approximate surface area is 174 Å². The summed E-state index contributed by atoms with van der Waals surface area (Å²) in [6.45, 7) is 0.988. The minimum Gasteiger partial charge on any atom is -0.334 e. The molecule has 2 aromatic heterocycles. The summed E-state index contributed by atoms with van der Waals surface area (Å²) in [6.07, 6.45) is 8.07. The van der Waals surface area contributed by atoms with Crippen molar-refractivity contribution in [1.29, 1.82) is 0 Å². The lowest BCUT2D eigenvalue weighted by atomic mass is 9.97. The highest BCUT2D eigenvalue weighted by molar-refractivity contribution is 7.94. The minimum atomic E-state index is -3.66. The van der Waals surface area contributed by atoms with Crippen LogP contribution in [-0.4, -0.2) is 31.6 Å². The zero-order valence-corrected chi connectivity index (χ0v) is 17.6. The number of fused-ring (bicyclic) bond motifs is 2. The van der Waals surface area contributed by atoms with E-state index in [2.05, 4.69) is 11.0 Å². The Hall–Kier alpha value is -2.45. The van der Waals surface area contributed by atoms with Gasteiger partial charge < -0.3 is 4.90 Å².